The minimum absolute atomic E-state index is 0.0596. The molecular formula is C42H70O16. The number of fused-ring (bicyclic) bond motifs is 7. The predicted molar refractivity (Wildman–Crippen MR) is 202 cm³/mol. The number of ether oxygens (including phenoxy) is 7. The van der Waals surface area contributed by atoms with Crippen LogP contribution >= 0.6 is 0 Å². The van der Waals surface area contributed by atoms with Gasteiger partial charge in [0.1, 0.15) is 48.3 Å². The van der Waals surface area contributed by atoms with Gasteiger partial charge < -0.3 is 74.0 Å². The van der Waals surface area contributed by atoms with Gasteiger partial charge in [-0.3, -0.25) is 4.79 Å². The number of esters is 1. The molecular weight excluding hydrogens is 760 g/mol. The third-order valence-corrected chi connectivity index (χ3v) is 16.9. The highest BCUT2D eigenvalue weighted by molar-refractivity contribution is 5.65. The van der Waals surface area contributed by atoms with Crippen molar-refractivity contribution in [2.24, 2.45) is 40.4 Å². The Kier molecular flexibility index (Phi) is 12.6. The number of hydrogen-bond acceptors (Lipinski definition) is 16. The van der Waals surface area contributed by atoms with Crippen molar-refractivity contribution in [3.05, 3.63) is 0 Å². The molecule has 0 aromatic heterocycles. The Morgan fingerprint density at radius 2 is 1.59 bits per heavy atom. The molecule has 0 amide bonds. The van der Waals surface area contributed by atoms with Crippen LogP contribution in [-0.2, 0) is 38.0 Å². The molecule has 4 aliphatic carbocycles. The van der Waals surface area contributed by atoms with Crippen molar-refractivity contribution < 1.29 is 78.8 Å². The molecule has 3 saturated heterocycles. The molecule has 334 valence electrons. The molecule has 0 aromatic carbocycles. The molecule has 3 heterocycles. The Labute approximate surface area is 341 Å². The van der Waals surface area contributed by atoms with Crippen LogP contribution in [0.2, 0.25) is 0 Å². The fourth-order valence-corrected chi connectivity index (χ4v) is 13.1. The monoisotopic (exact) mass is 830 g/mol. The average molecular weight is 831 g/mol. The molecule has 0 radical (unpaired) electrons. The molecule has 7 rings (SSSR count). The summed E-state index contributed by atoms with van der Waals surface area (Å²) >= 11 is 0. The zero-order valence-corrected chi connectivity index (χ0v) is 35.1. The molecule has 0 spiro atoms. The SMILES string of the molecule is CO[C@@]1(CC[C@H](C)COC(C)=O)O[C@@H]2C[C@@]3(O)[C@H]4CC[C@H]5C[C@H](O[C@H]6O[C@@H](CO)[C@H](O)[C@@H](O)[C@@H]6O[C@H]6O[C@@H](C)[C@H](O)[C@@H](O)[C@@H]6O)CC[C@]5(C)[C@H]4CC[C@@]3(C)[C@]2(O)[C@H]1C. The fraction of sp³-hybridized carbons (Fsp3) is 0.976. The maximum absolute atomic E-state index is 13.0. The molecule has 16 nitrogen and oxygen atoms in total. The summed E-state index contributed by atoms with van der Waals surface area (Å²) in [5.41, 5.74) is -3.48. The van der Waals surface area contributed by atoms with Gasteiger partial charge in [-0.05, 0) is 87.4 Å². The second-order valence-electron chi connectivity index (χ2n) is 19.6. The second-order valence-corrected chi connectivity index (χ2v) is 19.6. The van der Waals surface area contributed by atoms with E-state index < -0.39 is 102 Å². The third kappa shape index (κ3) is 6.92. The normalized spacial score (nSPS) is 54.5. The van der Waals surface area contributed by atoms with E-state index in [1.165, 1.54) is 13.8 Å². The lowest BCUT2D eigenvalue weighted by molar-refractivity contribution is -0.371. The van der Waals surface area contributed by atoms with E-state index in [-0.39, 0.29) is 41.2 Å². The van der Waals surface area contributed by atoms with Crippen molar-refractivity contribution in [2.45, 2.75) is 196 Å². The highest BCUT2D eigenvalue weighted by Gasteiger charge is 2.81. The number of rotatable bonds is 11. The average Bonchev–Trinajstić information content (AvgIpc) is 3.51. The van der Waals surface area contributed by atoms with Crippen molar-refractivity contribution in [3.8, 4) is 0 Å². The van der Waals surface area contributed by atoms with Gasteiger partial charge in [-0.25, -0.2) is 0 Å². The molecule has 0 bridgehead atoms. The van der Waals surface area contributed by atoms with Crippen LogP contribution < -0.4 is 0 Å². The molecule has 0 unspecified atom stereocenters. The first-order valence-corrected chi connectivity index (χ1v) is 21.6. The largest absolute Gasteiger partial charge is 0.466 e. The van der Waals surface area contributed by atoms with E-state index in [0.29, 0.717) is 45.1 Å². The number of aliphatic hydroxyl groups excluding tert-OH is 6. The maximum atomic E-state index is 13.0. The van der Waals surface area contributed by atoms with Crippen molar-refractivity contribution in [2.75, 3.05) is 20.3 Å². The molecule has 22 atom stereocenters. The van der Waals surface area contributed by atoms with Gasteiger partial charge in [-0.1, -0.05) is 27.7 Å². The Hall–Kier alpha value is -1.09. The molecule has 8 N–H and O–H groups in total. The molecule has 16 heteroatoms. The first-order chi connectivity index (χ1) is 27.2. The number of methoxy groups -OCH3 is 1. The molecule has 58 heavy (non-hydrogen) atoms. The molecule has 7 fully saturated rings. The lowest BCUT2D eigenvalue weighted by Gasteiger charge is -2.64. The second kappa shape index (κ2) is 16.2. The maximum Gasteiger partial charge on any atom is 0.302 e. The summed E-state index contributed by atoms with van der Waals surface area (Å²) in [6.07, 6.45) is -8.24. The van der Waals surface area contributed by atoms with E-state index in [1.54, 1.807) is 7.11 Å². The smallest absolute Gasteiger partial charge is 0.302 e. The van der Waals surface area contributed by atoms with Crippen LogP contribution in [0.3, 0.4) is 0 Å². The number of aliphatic hydroxyl groups is 8. The van der Waals surface area contributed by atoms with Gasteiger partial charge in [0.2, 0.25) is 0 Å². The Morgan fingerprint density at radius 1 is 0.862 bits per heavy atom. The third-order valence-electron chi connectivity index (χ3n) is 16.9. The van der Waals surface area contributed by atoms with Crippen LogP contribution in [0.5, 0.6) is 0 Å². The van der Waals surface area contributed by atoms with Gasteiger partial charge in [0.25, 0.3) is 0 Å². The summed E-state index contributed by atoms with van der Waals surface area (Å²) < 4.78 is 42.2. The number of carbonyl (C=O) groups excluding carboxylic acids is 1. The van der Waals surface area contributed by atoms with Crippen LogP contribution in [0.25, 0.3) is 0 Å². The van der Waals surface area contributed by atoms with Crippen molar-refractivity contribution in [3.63, 3.8) is 0 Å². The zero-order valence-electron chi connectivity index (χ0n) is 35.1. The van der Waals surface area contributed by atoms with E-state index >= 15 is 0 Å². The Bertz CT molecular complexity index is 1470. The van der Waals surface area contributed by atoms with Crippen LogP contribution in [0, 0.1) is 40.4 Å². The van der Waals surface area contributed by atoms with Crippen LogP contribution in [0.15, 0.2) is 0 Å². The first kappa shape index (κ1) is 44.9. The van der Waals surface area contributed by atoms with Gasteiger partial charge in [0.05, 0.1) is 37.1 Å². The van der Waals surface area contributed by atoms with Gasteiger partial charge in [-0.2, -0.15) is 0 Å². The lowest BCUT2D eigenvalue weighted by atomic mass is 9.42. The number of hydrogen-bond donors (Lipinski definition) is 8. The summed E-state index contributed by atoms with van der Waals surface area (Å²) in [7, 11) is 1.61. The van der Waals surface area contributed by atoms with Crippen LogP contribution in [0.1, 0.15) is 106 Å². The van der Waals surface area contributed by atoms with Crippen LogP contribution in [-0.4, -0.2) is 158 Å². The summed E-state index contributed by atoms with van der Waals surface area (Å²) in [5.74, 6) is -1.38. The Morgan fingerprint density at radius 3 is 2.26 bits per heavy atom. The van der Waals surface area contributed by atoms with Crippen molar-refractivity contribution in [1.29, 1.82) is 0 Å². The standard InChI is InChI=1S/C42H70O16/c1-20(19-53-23(4)44)10-15-41(52-7)22(3)42(51)29(58-41)17-40(50)27-9-8-24-16-25(11-13-38(24,5)26(27)12-14-39(40,42)6)55-37-35(33(48)31(46)28(18-43)56-37)57-36-34(49)32(47)30(45)21(2)54-36/h20-22,24-37,43,45-51H,8-19H2,1-7H3/t20-,21-,22-,24-,25+,26-,27-,28-,29+,30-,31-,32+,33+,34-,35-,36+,37-,38-,39+,40+,41-,42-/m0/s1. The fourth-order valence-electron chi connectivity index (χ4n) is 13.1. The first-order valence-electron chi connectivity index (χ1n) is 21.6. The molecule has 4 saturated carbocycles. The van der Waals surface area contributed by atoms with Crippen molar-refractivity contribution in [1.82, 2.24) is 0 Å². The summed E-state index contributed by atoms with van der Waals surface area (Å²) in [4.78, 5) is 11.4. The van der Waals surface area contributed by atoms with Gasteiger partial charge in [-0.15, -0.1) is 0 Å². The Balaban J connectivity index is 1.04. The van der Waals surface area contributed by atoms with Gasteiger partial charge in [0.15, 0.2) is 18.4 Å². The zero-order chi connectivity index (χ0) is 42.3. The van der Waals surface area contributed by atoms with E-state index in [4.69, 9.17) is 33.2 Å². The quantitative estimate of drug-likeness (QED) is 0.106. The topological polar surface area (TPSA) is 244 Å². The molecule has 7 aliphatic rings. The highest BCUT2D eigenvalue weighted by Crippen LogP contribution is 2.74. The summed E-state index contributed by atoms with van der Waals surface area (Å²) in [5, 5.41) is 89.0. The molecule has 0 aromatic rings. The van der Waals surface area contributed by atoms with Crippen molar-refractivity contribution >= 4 is 5.97 Å². The van der Waals surface area contributed by atoms with Crippen LogP contribution in [0.4, 0.5) is 0 Å². The number of carbonyl (C=O) groups is 1. The highest BCUT2D eigenvalue weighted by atomic mass is 16.8. The molecule has 3 aliphatic heterocycles. The summed E-state index contributed by atoms with van der Waals surface area (Å²) in [6, 6.07) is 0. The lowest BCUT2D eigenvalue weighted by Crippen LogP contribution is -2.67. The van der Waals surface area contributed by atoms with Gasteiger partial charge in [0, 0.05) is 38.2 Å². The predicted octanol–water partition coefficient (Wildman–Crippen LogP) is 0.879. The van der Waals surface area contributed by atoms with E-state index in [1.807, 2.05) is 20.8 Å². The minimum Gasteiger partial charge on any atom is -0.466 e. The minimum atomic E-state index is -1.66. The summed E-state index contributed by atoms with van der Waals surface area (Å²) in [6.45, 7) is 11.0. The van der Waals surface area contributed by atoms with E-state index in [2.05, 4.69) is 6.92 Å². The van der Waals surface area contributed by atoms with E-state index in [0.717, 1.165) is 25.7 Å². The van der Waals surface area contributed by atoms with E-state index in [9.17, 15) is 45.6 Å². The van der Waals surface area contributed by atoms with Gasteiger partial charge >= 0.3 is 5.97 Å².